The highest BCUT2D eigenvalue weighted by atomic mass is 19.1. The number of nitriles is 1. The van der Waals surface area contributed by atoms with E-state index in [1.165, 1.54) is 12.1 Å². The third-order valence-corrected chi connectivity index (χ3v) is 5.81. The Bertz CT molecular complexity index is 1300. The van der Waals surface area contributed by atoms with Gasteiger partial charge in [-0.2, -0.15) is 10.2 Å². The molecule has 3 aromatic rings. The van der Waals surface area contributed by atoms with Crippen molar-refractivity contribution in [1.29, 1.82) is 5.26 Å². The van der Waals surface area contributed by atoms with Crippen molar-refractivity contribution in [2.75, 3.05) is 37.4 Å². The molecule has 9 heteroatoms. The number of nitrogens with zero attached hydrogens (tertiary/aromatic N) is 5. The van der Waals surface area contributed by atoms with Crippen molar-refractivity contribution in [2.45, 2.75) is 12.5 Å². The van der Waals surface area contributed by atoms with Gasteiger partial charge in [-0.25, -0.2) is 9.37 Å². The highest BCUT2D eigenvalue weighted by Crippen LogP contribution is 2.33. The summed E-state index contributed by atoms with van der Waals surface area (Å²) in [6.07, 6.45) is 0.531. The number of morpholine rings is 1. The van der Waals surface area contributed by atoms with Gasteiger partial charge in [-0.1, -0.05) is 12.1 Å². The number of hydrogen-bond acceptors (Lipinski definition) is 8. The van der Waals surface area contributed by atoms with E-state index in [1.54, 1.807) is 19.2 Å². The van der Waals surface area contributed by atoms with Crippen LogP contribution in [0.15, 0.2) is 47.5 Å². The van der Waals surface area contributed by atoms with Crippen molar-refractivity contribution in [2.24, 2.45) is 4.99 Å². The maximum atomic E-state index is 14.1. The predicted octanol–water partition coefficient (Wildman–Crippen LogP) is 3.28. The minimum atomic E-state index is -0.601. The number of nitrogen functional groups attached to an aromatic ring is 1. The number of nitrogens with two attached hydrogens (primary N) is 1. The Morgan fingerprint density at radius 2 is 2.09 bits per heavy atom. The quantitative estimate of drug-likeness (QED) is 0.658. The first-order valence-corrected chi connectivity index (χ1v) is 10.5. The molecule has 0 aliphatic carbocycles. The van der Waals surface area contributed by atoms with Gasteiger partial charge in [0, 0.05) is 30.7 Å². The molecule has 5 rings (SSSR count). The Labute approximate surface area is 190 Å². The van der Waals surface area contributed by atoms with Gasteiger partial charge in [0.2, 0.25) is 5.95 Å². The van der Waals surface area contributed by atoms with Crippen molar-refractivity contribution >= 4 is 23.2 Å². The van der Waals surface area contributed by atoms with Gasteiger partial charge >= 0.3 is 0 Å². The van der Waals surface area contributed by atoms with Crippen molar-refractivity contribution in [3.8, 4) is 23.1 Å². The lowest BCUT2D eigenvalue weighted by Gasteiger charge is -2.34. The van der Waals surface area contributed by atoms with Crippen LogP contribution in [0.3, 0.4) is 0 Å². The van der Waals surface area contributed by atoms with Crippen LogP contribution < -0.4 is 15.4 Å². The second-order valence-corrected chi connectivity index (χ2v) is 7.86. The molecule has 2 N–H and O–H groups in total. The number of aromatic nitrogens is 2. The van der Waals surface area contributed by atoms with E-state index in [4.69, 9.17) is 25.5 Å². The maximum Gasteiger partial charge on any atom is 0.222 e. The Kier molecular flexibility index (Phi) is 5.36. The van der Waals surface area contributed by atoms with Gasteiger partial charge in [0.25, 0.3) is 0 Å². The molecule has 1 aromatic heterocycles. The number of ether oxygens (including phenoxy) is 2. The molecule has 33 heavy (non-hydrogen) atoms. The molecule has 1 atom stereocenters. The molecule has 2 aromatic carbocycles. The minimum Gasteiger partial charge on any atom is -0.497 e. The molecule has 3 heterocycles. The zero-order valence-electron chi connectivity index (χ0n) is 18.0. The summed E-state index contributed by atoms with van der Waals surface area (Å²) in [6.45, 7) is 1.69. The fourth-order valence-electron chi connectivity index (χ4n) is 4.09. The normalized spacial score (nSPS) is 17.3. The average Bonchev–Trinajstić information content (AvgIpc) is 3.27. The Morgan fingerprint density at radius 1 is 1.21 bits per heavy atom. The highest BCUT2D eigenvalue weighted by Gasteiger charge is 2.29. The van der Waals surface area contributed by atoms with E-state index in [9.17, 15) is 4.39 Å². The monoisotopic (exact) mass is 444 g/mol. The second kappa shape index (κ2) is 8.48. The minimum absolute atomic E-state index is 0.0204. The van der Waals surface area contributed by atoms with Crippen LogP contribution in [0.25, 0.3) is 11.3 Å². The number of hydrogen-bond donors (Lipinski definition) is 1. The third kappa shape index (κ3) is 4.08. The molecule has 0 bridgehead atoms. The van der Waals surface area contributed by atoms with Crippen LogP contribution in [0.1, 0.15) is 11.1 Å². The molecule has 166 valence electrons. The fraction of sp³-hybridized carbons (Fsp3) is 0.250. The zero-order chi connectivity index (χ0) is 22.9. The lowest BCUT2D eigenvalue weighted by molar-refractivity contribution is 0.0829. The molecular weight excluding hydrogens is 423 g/mol. The van der Waals surface area contributed by atoms with Crippen molar-refractivity contribution < 1.29 is 13.9 Å². The molecule has 1 saturated heterocycles. The van der Waals surface area contributed by atoms with Gasteiger partial charge in [-0.05, 0) is 23.8 Å². The standard InChI is InChI=1S/C24H21FN6O2/c1-32-17-5-4-15-9-21(28-19(15)10-17)22-13-31(6-7-33-22)23-11-20(29-24(27)30-23)14-2-3-16(12-26)18(25)8-14/h2-5,8,10-11,22H,6-7,9,13H2,1H3,(H2,27,29,30). The number of aliphatic imine (C=N–C) groups is 1. The van der Waals surface area contributed by atoms with Crippen molar-refractivity contribution in [3.63, 3.8) is 0 Å². The summed E-state index contributed by atoms with van der Waals surface area (Å²) < 4.78 is 25.5. The molecule has 0 saturated carbocycles. The van der Waals surface area contributed by atoms with E-state index in [2.05, 4.69) is 14.9 Å². The molecule has 0 radical (unpaired) electrons. The number of benzene rings is 2. The van der Waals surface area contributed by atoms with Crippen LogP contribution in [0.5, 0.6) is 5.75 Å². The van der Waals surface area contributed by atoms with Crippen LogP contribution in [-0.4, -0.2) is 48.6 Å². The summed E-state index contributed by atoms with van der Waals surface area (Å²) >= 11 is 0. The van der Waals surface area contributed by atoms with E-state index in [-0.39, 0.29) is 17.6 Å². The molecule has 1 fully saturated rings. The van der Waals surface area contributed by atoms with Crippen molar-refractivity contribution in [1.82, 2.24) is 9.97 Å². The summed E-state index contributed by atoms with van der Waals surface area (Å²) in [7, 11) is 1.64. The summed E-state index contributed by atoms with van der Waals surface area (Å²) in [5, 5.41) is 8.97. The van der Waals surface area contributed by atoms with Gasteiger partial charge < -0.3 is 20.1 Å². The lowest BCUT2D eigenvalue weighted by atomic mass is 10.1. The molecular formula is C24H21FN6O2. The molecule has 8 nitrogen and oxygen atoms in total. The van der Waals surface area contributed by atoms with E-state index >= 15 is 0 Å². The number of methoxy groups -OCH3 is 1. The smallest absolute Gasteiger partial charge is 0.222 e. The van der Waals surface area contributed by atoms with Crippen LogP contribution in [0, 0.1) is 17.1 Å². The van der Waals surface area contributed by atoms with Gasteiger partial charge in [-0.3, -0.25) is 4.99 Å². The Balaban J connectivity index is 1.39. The van der Waals surface area contributed by atoms with E-state index in [0.717, 1.165) is 29.1 Å². The van der Waals surface area contributed by atoms with Gasteiger partial charge in [0.05, 0.1) is 42.9 Å². The van der Waals surface area contributed by atoms with Gasteiger partial charge in [0.15, 0.2) is 0 Å². The average molecular weight is 444 g/mol. The van der Waals surface area contributed by atoms with Gasteiger partial charge in [0.1, 0.15) is 29.6 Å². The molecule has 0 spiro atoms. The van der Waals surface area contributed by atoms with E-state index in [1.807, 2.05) is 24.3 Å². The molecule has 1 unspecified atom stereocenters. The number of rotatable bonds is 4. The first-order chi connectivity index (χ1) is 16.0. The molecule has 0 amide bonds. The summed E-state index contributed by atoms with van der Waals surface area (Å²) in [5.74, 6) is 0.894. The topological polar surface area (TPSA) is 110 Å². The SMILES string of the molecule is COc1ccc2c(c1)N=C(C1CN(c3cc(-c4ccc(C#N)c(F)c4)nc(N)n3)CCO1)C2. The third-order valence-electron chi connectivity index (χ3n) is 5.81. The number of fused-ring (bicyclic) bond motifs is 1. The van der Waals surface area contributed by atoms with E-state index < -0.39 is 5.82 Å². The number of anilines is 2. The summed E-state index contributed by atoms with van der Waals surface area (Å²) in [4.78, 5) is 15.5. The lowest BCUT2D eigenvalue weighted by Crippen LogP contribution is -2.46. The predicted molar refractivity (Wildman–Crippen MR) is 122 cm³/mol. The fourth-order valence-corrected chi connectivity index (χ4v) is 4.09. The van der Waals surface area contributed by atoms with E-state index in [0.29, 0.717) is 36.8 Å². The van der Waals surface area contributed by atoms with Crippen molar-refractivity contribution in [3.05, 3.63) is 59.4 Å². The second-order valence-electron chi connectivity index (χ2n) is 7.86. The zero-order valence-corrected chi connectivity index (χ0v) is 18.0. The largest absolute Gasteiger partial charge is 0.497 e. The summed E-state index contributed by atoms with van der Waals surface area (Å²) in [5.41, 5.74) is 9.97. The molecule has 2 aliphatic heterocycles. The molecule has 2 aliphatic rings. The maximum absolute atomic E-state index is 14.1. The first-order valence-electron chi connectivity index (χ1n) is 10.5. The van der Waals surface area contributed by atoms with Crippen LogP contribution in [0.4, 0.5) is 21.8 Å². The summed E-state index contributed by atoms with van der Waals surface area (Å²) in [6, 6.07) is 13.8. The Morgan fingerprint density at radius 3 is 2.88 bits per heavy atom. The van der Waals surface area contributed by atoms with Crippen LogP contribution in [0.2, 0.25) is 0 Å². The Hall–Kier alpha value is -4.03. The van der Waals surface area contributed by atoms with Crippen LogP contribution in [-0.2, 0) is 11.2 Å². The van der Waals surface area contributed by atoms with Crippen LogP contribution >= 0.6 is 0 Å². The number of halogens is 1. The first kappa shape index (κ1) is 20.8. The van der Waals surface area contributed by atoms with Gasteiger partial charge in [-0.15, -0.1) is 0 Å². The highest BCUT2D eigenvalue weighted by molar-refractivity contribution is 5.97.